The highest BCUT2D eigenvalue weighted by Crippen LogP contribution is 2.20. The van der Waals surface area contributed by atoms with Gasteiger partial charge in [-0.2, -0.15) is 0 Å². The molecule has 0 fully saturated rings. The lowest BCUT2D eigenvalue weighted by Crippen LogP contribution is -2.47. The summed E-state index contributed by atoms with van der Waals surface area (Å²) in [7, 11) is 0. The Morgan fingerprint density at radius 3 is 2.29 bits per heavy atom. The van der Waals surface area contributed by atoms with Crippen molar-refractivity contribution in [3.05, 3.63) is 65.7 Å². The smallest absolute Gasteiger partial charge is 0.279 e. The van der Waals surface area contributed by atoms with E-state index in [0.717, 1.165) is 5.56 Å². The molecule has 1 unspecified atom stereocenters. The van der Waals surface area contributed by atoms with E-state index in [1.807, 2.05) is 24.3 Å². The molecule has 0 saturated carbocycles. The van der Waals surface area contributed by atoms with Crippen LogP contribution in [0.5, 0.6) is 5.75 Å². The molecule has 1 atom stereocenters. The summed E-state index contributed by atoms with van der Waals surface area (Å²) in [5.41, 5.74) is 6.36. The first-order valence-electron chi connectivity index (χ1n) is 7.89. The molecule has 0 heterocycles. The van der Waals surface area contributed by atoms with E-state index in [0.29, 0.717) is 17.2 Å². The molecule has 2 aromatic carbocycles. The lowest BCUT2D eigenvalue weighted by Gasteiger charge is -2.16. The monoisotopic (exact) mass is 326 g/mol. The van der Waals surface area contributed by atoms with E-state index >= 15 is 0 Å². The number of amides is 2. The van der Waals surface area contributed by atoms with Crippen LogP contribution in [0.4, 0.5) is 0 Å². The molecule has 5 heteroatoms. The third-order valence-corrected chi connectivity index (χ3v) is 3.54. The number of carbonyl (C=O) groups is 2. The van der Waals surface area contributed by atoms with Crippen LogP contribution in [0.2, 0.25) is 0 Å². The number of hydrogen-bond donors (Lipinski definition) is 2. The molecule has 2 N–H and O–H groups in total. The Hall–Kier alpha value is -2.82. The van der Waals surface area contributed by atoms with Crippen molar-refractivity contribution >= 4 is 11.8 Å². The number of benzene rings is 2. The van der Waals surface area contributed by atoms with Gasteiger partial charge < -0.3 is 4.74 Å². The number of hydrogen-bond acceptors (Lipinski definition) is 3. The fourth-order valence-electron chi connectivity index (χ4n) is 2.09. The van der Waals surface area contributed by atoms with Gasteiger partial charge in [0.2, 0.25) is 0 Å². The highest BCUT2D eigenvalue weighted by Gasteiger charge is 2.16. The molecule has 0 bridgehead atoms. The quantitative estimate of drug-likeness (QED) is 0.830. The SMILES string of the molecule is CC(Oc1cccc(C(C)C)c1)C(=O)NNC(=O)c1ccccc1. The van der Waals surface area contributed by atoms with Crippen molar-refractivity contribution in [1.82, 2.24) is 10.9 Å². The van der Waals surface area contributed by atoms with E-state index in [1.54, 1.807) is 37.3 Å². The number of ether oxygens (including phenoxy) is 1. The van der Waals surface area contributed by atoms with Crippen molar-refractivity contribution in [1.29, 1.82) is 0 Å². The molecule has 126 valence electrons. The van der Waals surface area contributed by atoms with Crippen LogP contribution in [0.1, 0.15) is 42.6 Å². The number of nitrogens with one attached hydrogen (secondary N) is 2. The molecule has 2 rings (SSSR count). The second kappa shape index (κ2) is 8.15. The van der Waals surface area contributed by atoms with Gasteiger partial charge in [-0.3, -0.25) is 20.4 Å². The topological polar surface area (TPSA) is 67.4 Å². The zero-order valence-corrected chi connectivity index (χ0v) is 14.1. The Bertz CT molecular complexity index is 699. The van der Waals surface area contributed by atoms with E-state index in [9.17, 15) is 9.59 Å². The maximum absolute atomic E-state index is 12.1. The van der Waals surface area contributed by atoms with Crippen LogP contribution in [-0.2, 0) is 4.79 Å². The van der Waals surface area contributed by atoms with Crippen molar-refractivity contribution in [3.63, 3.8) is 0 Å². The number of carbonyl (C=O) groups excluding carboxylic acids is 2. The lowest BCUT2D eigenvalue weighted by molar-refractivity contribution is -0.128. The van der Waals surface area contributed by atoms with Crippen LogP contribution < -0.4 is 15.6 Å². The molecule has 2 amide bonds. The van der Waals surface area contributed by atoms with Gasteiger partial charge in [0.1, 0.15) is 5.75 Å². The zero-order valence-electron chi connectivity index (χ0n) is 14.1. The van der Waals surface area contributed by atoms with Gasteiger partial charge in [-0.1, -0.05) is 44.2 Å². The predicted octanol–water partition coefficient (Wildman–Crippen LogP) is 3.04. The van der Waals surface area contributed by atoms with Crippen molar-refractivity contribution < 1.29 is 14.3 Å². The van der Waals surface area contributed by atoms with Crippen LogP contribution in [0.15, 0.2) is 54.6 Å². The van der Waals surface area contributed by atoms with Gasteiger partial charge in [-0.05, 0) is 42.7 Å². The molecule has 0 spiro atoms. The van der Waals surface area contributed by atoms with Crippen LogP contribution in [0.25, 0.3) is 0 Å². The highest BCUT2D eigenvalue weighted by molar-refractivity contribution is 5.95. The zero-order chi connectivity index (χ0) is 17.5. The maximum Gasteiger partial charge on any atom is 0.279 e. The van der Waals surface area contributed by atoms with Crippen LogP contribution >= 0.6 is 0 Å². The van der Waals surface area contributed by atoms with Crippen LogP contribution in [0, 0.1) is 0 Å². The largest absolute Gasteiger partial charge is 0.481 e. The molecule has 5 nitrogen and oxygen atoms in total. The van der Waals surface area contributed by atoms with Gasteiger partial charge in [0, 0.05) is 5.56 Å². The van der Waals surface area contributed by atoms with E-state index in [-0.39, 0.29) is 5.91 Å². The Balaban J connectivity index is 1.88. The predicted molar refractivity (Wildman–Crippen MR) is 92.7 cm³/mol. The molecule has 0 saturated heterocycles. The van der Waals surface area contributed by atoms with E-state index in [1.165, 1.54) is 0 Å². The molecular formula is C19H22N2O3. The molecule has 0 aliphatic rings. The summed E-state index contributed by atoms with van der Waals surface area (Å²) in [5.74, 6) is 0.202. The number of rotatable bonds is 5. The summed E-state index contributed by atoms with van der Waals surface area (Å²) in [4.78, 5) is 23.9. The van der Waals surface area contributed by atoms with Crippen molar-refractivity contribution in [2.45, 2.75) is 32.8 Å². The van der Waals surface area contributed by atoms with Crippen LogP contribution in [0.3, 0.4) is 0 Å². The molecule has 0 aliphatic heterocycles. The summed E-state index contributed by atoms with van der Waals surface area (Å²) in [6.45, 7) is 5.81. The Labute approximate surface area is 142 Å². The second-order valence-electron chi connectivity index (χ2n) is 5.80. The summed E-state index contributed by atoms with van der Waals surface area (Å²) < 4.78 is 5.64. The summed E-state index contributed by atoms with van der Waals surface area (Å²) in [5, 5.41) is 0. The third kappa shape index (κ3) is 4.84. The second-order valence-corrected chi connectivity index (χ2v) is 5.80. The standard InChI is InChI=1S/C19H22N2O3/c1-13(2)16-10-7-11-17(12-16)24-14(3)18(22)20-21-19(23)15-8-5-4-6-9-15/h4-14H,1-3H3,(H,20,22)(H,21,23). The molecule has 0 aromatic heterocycles. The fraction of sp³-hybridized carbons (Fsp3) is 0.263. The third-order valence-electron chi connectivity index (χ3n) is 3.54. The van der Waals surface area contributed by atoms with Crippen molar-refractivity contribution in [3.8, 4) is 5.75 Å². The van der Waals surface area contributed by atoms with Crippen molar-refractivity contribution in [2.24, 2.45) is 0 Å². The number of hydrazine groups is 1. The lowest BCUT2D eigenvalue weighted by atomic mass is 10.0. The summed E-state index contributed by atoms with van der Waals surface area (Å²) >= 11 is 0. The average molecular weight is 326 g/mol. The molecule has 0 aliphatic carbocycles. The minimum atomic E-state index is -0.733. The minimum absolute atomic E-state index is 0.377. The first-order chi connectivity index (χ1) is 11.5. The average Bonchev–Trinajstić information content (AvgIpc) is 2.60. The first kappa shape index (κ1) is 17.5. The molecule has 24 heavy (non-hydrogen) atoms. The van der Waals surface area contributed by atoms with Gasteiger partial charge in [0.25, 0.3) is 11.8 Å². The van der Waals surface area contributed by atoms with Gasteiger partial charge in [0.05, 0.1) is 0 Å². The van der Waals surface area contributed by atoms with Gasteiger partial charge >= 0.3 is 0 Å². The maximum atomic E-state index is 12.1. The Morgan fingerprint density at radius 1 is 0.917 bits per heavy atom. The van der Waals surface area contributed by atoms with Crippen LogP contribution in [-0.4, -0.2) is 17.9 Å². The fourth-order valence-corrected chi connectivity index (χ4v) is 2.09. The molecule has 0 radical (unpaired) electrons. The summed E-state index contributed by atoms with van der Waals surface area (Å²) in [6, 6.07) is 16.3. The van der Waals surface area contributed by atoms with E-state index in [4.69, 9.17) is 4.74 Å². The van der Waals surface area contributed by atoms with Gasteiger partial charge in [-0.25, -0.2) is 0 Å². The van der Waals surface area contributed by atoms with E-state index < -0.39 is 12.0 Å². The normalized spacial score (nSPS) is 11.7. The summed E-state index contributed by atoms with van der Waals surface area (Å²) in [6.07, 6.45) is -0.733. The Kier molecular flexibility index (Phi) is 5.95. The first-order valence-corrected chi connectivity index (χ1v) is 7.89. The van der Waals surface area contributed by atoms with Crippen molar-refractivity contribution in [2.75, 3.05) is 0 Å². The van der Waals surface area contributed by atoms with E-state index in [2.05, 4.69) is 24.7 Å². The minimum Gasteiger partial charge on any atom is -0.481 e. The van der Waals surface area contributed by atoms with Gasteiger partial charge in [0.15, 0.2) is 6.10 Å². The molecule has 2 aromatic rings. The Morgan fingerprint density at radius 2 is 1.62 bits per heavy atom. The highest BCUT2D eigenvalue weighted by atomic mass is 16.5. The molecular weight excluding hydrogens is 304 g/mol. The van der Waals surface area contributed by atoms with Gasteiger partial charge in [-0.15, -0.1) is 0 Å².